The van der Waals surface area contributed by atoms with E-state index in [9.17, 15) is 0 Å². The number of hydrogen-bond donors (Lipinski definition) is 1. The molecule has 3 aliphatic rings. The SMILES string of the molecule is CCNC(=NCCCOC1CCCC1)N1CCC2(CCOC2)C1. The summed E-state index contributed by atoms with van der Waals surface area (Å²) in [6.07, 6.45) is 9.18. The van der Waals surface area contributed by atoms with Crippen LogP contribution in [0.4, 0.5) is 0 Å². The highest BCUT2D eigenvalue weighted by molar-refractivity contribution is 5.80. The van der Waals surface area contributed by atoms with Crippen LogP contribution in [0.3, 0.4) is 0 Å². The van der Waals surface area contributed by atoms with Crippen LogP contribution in [0.5, 0.6) is 0 Å². The van der Waals surface area contributed by atoms with Crippen molar-refractivity contribution < 1.29 is 9.47 Å². The molecule has 1 unspecified atom stereocenters. The molecule has 0 bridgehead atoms. The number of nitrogens with zero attached hydrogens (tertiary/aromatic N) is 2. The van der Waals surface area contributed by atoms with Gasteiger partial charge in [-0.2, -0.15) is 0 Å². The molecule has 1 saturated carbocycles. The molecular weight excluding hydrogens is 290 g/mol. The molecule has 2 heterocycles. The molecule has 1 atom stereocenters. The third-order valence-electron chi connectivity index (χ3n) is 5.48. The molecule has 2 aliphatic heterocycles. The molecule has 1 N–H and O–H groups in total. The fraction of sp³-hybridized carbons (Fsp3) is 0.944. The van der Waals surface area contributed by atoms with Crippen molar-refractivity contribution >= 4 is 5.96 Å². The highest BCUT2D eigenvalue weighted by Crippen LogP contribution is 2.38. The maximum atomic E-state index is 5.93. The van der Waals surface area contributed by atoms with E-state index in [2.05, 4.69) is 17.1 Å². The molecule has 1 aliphatic carbocycles. The third kappa shape index (κ3) is 4.60. The number of hydrogen-bond acceptors (Lipinski definition) is 3. The summed E-state index contributed by atoms with van der Waals surface area (Å²) in [4.78, 5) is 7.25. The van der Waals surface area contributed by atoms with Gasteiger partial charge in [0.25, 0.3) is 0 Å². The zero-order valence-corrected chi connectivity index (χ0v) is 14.7. The molecule has 0 radical (unpaired) electrons. The van der Waals surface area contributed by atoms with Crippen molar-refractivity contribution in [2.24, 2.45) is 10.4 Å². The van der Waals surface area contributed by atoms with E-state index in [1.807, 2.05) is 0 Å². The van der Waals surface area contributed by atoms with E-state index >= 15 is 0 Å². The topological polar surface area (TPSA) is 46.1 Å². The Balaban J connectivity index is 1.42. The number of guanidine groups is 1. The van der Waals surface area contributed by atoms with Crippen LogP contribution in [-0.2, 0) is 9.47 Å². The van der Waals surface area contributed by atoms with E-state index in [0.717, 1.165) is 58.4 Å². The molecule has 5 heteroatoms. The molecule has 2 saturated heterocycles. The molecule has 132 valence electrons. The predicted molar refractivity (Wildman–Crippen MR) is 92.9 cm³/mol. The summed E-state index contributed by atoms with van der Waals surface area (Å²) in [5, 5.41) is 3.46. The fourth-order valence-corrected chi connectivity index (χ4v) is 4.07. The van der Waals surface area contributed by atoms with Crippen LogP contribution in [0.2, 0.25) is 0 Å². The first-order valence-electron chi connectivity index (χ1n) is 9.54. The van der Waals surface area contributed by atoms with Gasteiger partial charge in [0.1, 0.15) is 0 Å². The number of nitrogens with one attached hydrogen (secondary N) is 1. The Kier molecular flexibility index (Phi) is 6.17. The Morgan fingerprint density at radius 2 is 2.22 bits per heavy atom. The van der Waals surface area contributed by atoms with Crippen molar-refractivity contribution in [1.29, 1.82) is 0 Å². The highest BCUT2D eigenvalue weighted by Gasteiger charge is 2.42. The van der Waals surface area contributed by atoms with Crippen molar-refractivity contribution in [2.45, 2.75) is 58.0 Å². The zero-order valence-electron chi connectivity index (χ0n) is 14.7. The molecule has 23 heavy (non-hydrogen) atoms. The lowest BCUT2D eigenvalue weighted by atomic mass is 9.87. The Hall–Kier alpha value is -0.810. The van der Waals surface area contributed by atoms with E-state index in [-0.39, 0.29) is 0 Å². The smallest absolute Gasteiger partial charge is 0.193 e. The zero-order chi connectivity index (χ0) is 16.0. The Morgan fingerprint density at radius 3 is 2.96 bits per heavy atom. The second-order valence-corrected chi connectivity index (χ2v) is 7.34. The van der Waals surface area contributed by atoms with Gasteiger partial charge in [0.05, 0.1) is 12.7 Å². The van der Waals surface area contributed by atoms with Crippen LogP contribution in [0.15, 0.2) is 4.99 Å². The maximum absolute atomic E-state index is 5.93. The van der Waals surface area contributed by atoms with Crippen molar-refractivity contribution in [1.82, 2.24) is 10.2 Å². The van der Waals surface area contributed by atoms with E-state index in [1.54, 1.807) is 0 Å². The van der Waals surface area contributed by atoms with Crippen molar-refractivity contribution in [3.63, 3.8) is 0 Å². The standard InChI is InChI=1S/C18H33N3O2/c1-2-19-17(20-10-5-12-23-16-6-3-4-7-16)21-11-8-18(14-21)9-13-22-15-18/h16H,2-15H2,1H3,(H,19,20). The molecule has 3 fully saturated rings. The maximum Gasteiger partial charge on any atom is 0.193 e. The minimum absolute atomic E-state index is 0.391. The van der Waals surface area contributed by atoms with Crippen LogP contribution >= 0.6 is 0 Å². The molecule has 1 spiro atoms. The van der Waals surface area contributed by atoms with Crippen molar-refractivity contribution in [3.05, 3.63) is 0 Å². The van der Waals surface area contributed by atoms with Gasteiger partial charge in [-0.25, -0.2) is 0 Å². The summed E-state index contributed by atoms with van der Waals surface area (Å²) in [6.45, 7) is 8.84. The Labute approximate surface area is 140 Å². The summed E-state index contributed by atoms with van der Waals surface area (Å²) in [6, 6.07) is 0. The van der Waals surface area contributed by atoms with Gasteiger partial charge in [0.2, 0.25) is 0 Å². The normalized spacial score (nSPS) is 29.1. The monoisotopic (exact) mass is 323 g/mol. The van der Waals surface area contributed by atoms with Crippen LogP contribution in [0, 0.1) is 5.41 Å². The first kappa shape index (κ1) is 17.0. The molecule has 5 nitrogen and oxygen atoms in total. The fourth-order valence-electron chi connectivity index (χ4n) is 4.07. The second kappa shape index (κ2) is 8.34. The quantitative estimate of drug-likeness (QED) is 0.463. The van der Waals surface area contributed by atoms with Crippen LogP contribution in [0.25, 0.3) is 0 Å². The van der Waals surface area contributed by atoms with E-state index < -0.39 is 0 Å². The minimum atomic E-state index is 0.391. The average Bonchev–Trinajstić information content (AvgIpc) is 3.30. The van der Waals surface area contributed by atoms with Gasteiger partial charge in [-0.05, 0) is 39.0 Å². The van der Waals surface area contributed by atoms with Gasteiger partial charge in [0, 0.05) is 44.8 Å². The van der Waals surface area contributed by atoms with Crippen molar-refractivity contribution in [2.75, 3.05) is 46.0 Å². The molecule has 0 amide bonds. The van der Waals surface area contributed by atoms with Crippen LogP contribution in [-0.4, -0.2) is 63.0 Å². The van der Waals surface area contributed by atoms with Gasteiger partial charge in [-0.3, -0.25) is 4.99 Å². The Morgan fingerprint density at radius 1 is 1.35 bits per heavy atom. The first-order chi connectivity index (χ1) is 11.3. The van der Waals surface area contributed by atoms with Gasteiger partial charge in [-0.15, -0.1) is 0 Å². The first-order valence-corrected chi connectivity index (χ1v) is 9.54. The Bertz CT molecular complexity index is 388. The predicted octanol–water partition coefficient (Wildman–Crippen LogP) is 2.41. The van der Waals surface area contributed by atoms with Crippen LogP contribution in [0.1, 0.15) is 51.9 Å². The third-order valence-corrected chi connectivity index (χ3v) is 5.48. The van der Waals surface area contributed by atoms with Gasteiger partial charge < -0.3 is 19.7 Å². The van der Waals surface area contributed by atoms with E-state index in [4.69, 9.17) is 14.5 Å². The van der Waals surface area contributed by atoms with Gasteiger partial charge >= 0.3 is 0 Å². The van der Waals surface area contributed by atoms with Crippen LogP contribution < -0.4 is 5.32 Å². The average molecular weight is 323 g/mol. The number of aliphatic imine (C=N–C) groups is 1. The number of likely N-dealkylation sites (tertiary alicyclic amines) is 1. The second-order valence-electron chi connectivity index (χ2n) is 7.34. The molecular formula is C18H33N3O2. The summed E-state index contributed by atoms with van der Waals surface area (Å²) in [5.74, 6) is 1.08. The minimum Gasteiger partial charge on any atom is -0.381 e. The van der Waals surface area contributed by atoms with Gasteiger partial charge in [-0.1, -0.05) is 12.8 Å². The van der Waals surface area contributed by atoms with Gasteiger partial charge in [0.15, 0.2) is 5.96 Å². The lowest BCUT2D eigenvalue weighted by Crippen LogP contribution is -2.41. The number of ether oxygens (including phenoxy) is 2. The molecule has 0 aromatic rings. The largest absolute Gasteiger partial charge is 0.381 e. The molecule has 3 rings (SSSR count). The number of rotatable bonds is 6. The van der Waals surface area contributed by atoms with Crippen molar-refractivity contribution in [3.8, 4) is 0 Å². The highest BCUT2D eigenvalue weighted by atomic mass is 16.5. The summed E-state index contributed by atoms with van der Waals surface area (Å²) >= 11 is 0. The van der Waals surface area contributed by atoms with E-state index in [1.165, 1.54) is 38.5 Å². The van der Waals surface area contributed by atoms with E-state index in [0.29, 0.717) is 11.5 Å². The summed E-state index contributed by atoms with van der Waals surface area (Å²) in [7, 11) is 0. The molecule has 0 aromatic heterocycles. The molecule has 0 aromatic carbocycles. The summed E-state index contributed by atoms with van der Waals surface area (Å²) < 4.78 is 11.6. The summed E-state index contributed by atoms with van der Waals surface area (Å²) in [5.41, 5.74) is 0.391. The lowest BCUT2D eigenvalue weighted by molar-refractivity contribution is 0.0579. The lowest BCUT2D eigenvalue weighted by Gasteiger charge is -2.25.